The van der Waals surface area contributed by atoms with Crippen LogP contribution in [0.1, 0.15) is 17.9 Å². The quantitative estimate of drug-likeness (QED) is 0.788. The molecule has 0 fully saturated rings. The highest BCUT2D eigenvalue weighted by molar-refractivity contribution is 8.13. The second-order valence-electron chi connectivity index (χ2n) is 6.32. The van der Waals surface area contributed by atoms with Gasteiger partial charge in [-0.3, -0.25) is 14.4 Å². The summed E-state index contributed by atoms with van der Waals surface area (Å²) >= 11 is 1.05. The topological polar surface area (TPSA) is 78.5 Å². The van der Waals surface area contributed by atoms with Gasteiger partial charge in [-0.25, -0.2) is 4.39 Å². The Morgan fingerprint density at radius 3 is 2.74 bits per heavy atom. The molecule has 1 unspecified atom stereocenters. The average molecular weight is 387 g/mol. The lowest BCUT2D eigenvalue weighted by Crippen LogP contribution is -2.30. The number of fused-ring (bicyclic) bond motifs is 1. The fraction of sp³-hybridized carbons (Fsp3) is 0.211. The van der Waals surface area contributed by atoms with Crippen molar-refractivity contribution in [1.82, 2.24) is 4.90 Å². The third-order valence-electron chi connectivity index (χ3n) is 4.04. The predicted molar refractivity (Wildman–Crippen MR) is 102 cm³/mol. The van der Waals surface area contributed by atoms with Gasteiger partial charge in [-0.2, -0.15) is 0 Å². The Labute approximate surface area is 160 Å². The molecule has 0 saturated carbocycles. The summed E-state index contributed by atoms with van der Waals surface area (Å²) < 4.78 is 13.4. The van der Waals surface area contributed by atoms with Crippen LogP contribution >= 0.6 is 11.8 Å². The van der Waals surface area contributed by atoms with Gasteiger partial charge in [0.2, 0.25) is 11.8 Å². The molecule has 3 amide bonds. The molecule has 2 aromatic carbocycles. The molecule has 8 heteroatoms. The van der Waals surface area contributed by atoms with Crippen molar-refractivity contribution in [3.05, 3.63) is 53.8 Å². The third-order valence-corrected chi connectivity index (χ3v) is 5.07. The summed E-state index contributed by atoms with van der Waals surface area (Å²) in [6.07, 6.45) is -0.0159. The van der Waals surface area contributed by atoms with Crippen molar-refractivity contribution in [2.24, 2.45) is 0 Å². The lowest BCUT2D eigenvalue weighted by molar-refractivity contribution is -0.123. The van der Waals surface area contributed by atoms with Crippen LogP contribution < -0.4 is 10.6 Å². The molecule has 3 rings (SSSR count). The first-order valence-electron chi connectivity index (χ1n) is 8.23. The highest BCUT2D eigenvalue weighted by Crippen LogP contribution is 2.34. The molecule has 2 aromatic rings. The Bertz CT molecular complexity index is 917. The van der Waals surface area contributed by atoms with Crippen LogP contribution in [-0.2, 0) is 9.59 Å². The van der Waals surface area contributed by atoms with E-state index in [1.807, 2.05) is 0 Å². The molecule has 0 saturated heterocycles. The summed E-state index contributed by atoms with van der Waals surface area (Å²) in [5, 5.41) is 5.24. The van der Waals surface area contributed by atoms with Crippen LogP contribution in [0.2, 0.25) is 0 Å². The fourth-order valence-corrected chi connectivity index (χ4v) is 3.45. The third kappa shape index (κ3) is 4.46. The normalized spacial score (nSPS) is 15.5. The van der Waals surface area contributed by atoms with Gasteiger partial charge in [0.15, 0.2) is 0 Å². The highest BCUT2D eigenvalue weighted by Gasteiger charge is 2.31. The summed E-state index contributed by atoms with van der Waals surface area (Å²) in [5.41, 5.74) is 1.40. The average Bonchev–Trinajstić information content (AvgIpc) is 2.60. The predicted octanol–water partition coefficient (Wildman–Crippen LogP) is 3.66. The monoisotopic (exact) mass is 387 g/mol. The smallest absolute Gasteiger partial charge is 0.285 e. The van der Waals surface area contributed by atoms with Crippen molar-refractivity contribution < 1.29 is 18.8 Å². The van der Waals surface area contributed by atoms with Crippen LogP contribution in [0.4, 0.5) is 20.6 Å². The van der Waals surface area contributed by atoms with Gasteiger partial charge in [-0.15, -0.1) is 0 Å². The lowest BCUT2D eigenvalue weighted by atomic mass is 9.89. The summed E-state index contributed by atoms with van der Waals surface area (Å²) in [4.78, 5) is 38.6. The first-order chi connectivity index (χ1) is 12.8. The van der Waals surface area contributed by atoms with Gasteiger partial charge in [0.1, 0.15) is 5.82 Å². The van der Waals surface area contributed by atoms with Crippen LogP contribution in [0.5, 0.6) is 0 Å². The molecular weight excluding hydrogens is 369 g/mol. The van der Waals surface area contributed by atoms with Crippen molar-refractivity contribution in [2.45, 2.75) is 17.2 Å². The molecule has 1 heterocycles. The molecule has 140 valence electrons. The molecule has 0 aromatic heterocycles. The maximum Gasteiger partial charge on any atom is 0.285 e. The Morgan fingerprint density at radius 2 is 2.00 bits per heavy atom. The van der Waals surface area contributed by atoms with E-state index in [9.17, 15) is 18.8 Å². The first kappa shape index (κ1) is 18.9. The number of amides is 3. The molecule has 0 bridgehead atoms. The molecule has 1 aliphatic heterocycles. The zero-order valence-electron chi connectivity index (χ0n) is 14.8. The number of halogens is 1. The molecule has 0 spiro atoms. The van der Waals surface area contributed by atoms with E-state index >= 15 is 0 Å². The number of rotatable bonds is 3. The highest BCUT2D eigenvalue weighted by atomic mass is 32.2. The first-order valence-corrected chi connectivity index (χ1v) is 9.04. The van der Waals surface area contributed by atoms with E-state index in [4.69, 9.17) is 0 Å². The fourth-order valence-electron chi connectivity index (χ4n) is 2.73. The SMILES string of the molecule is CN(C)C(=O)Sc1cccc(NC(=O)C2CC(=O)Nc3cc(F)ccc32)c1. The van der Waals surface area contributed by atoms with E-state index in [-0.39, 0.29) is 23.5 Å². The van der Waals surface area contributed by atoms with Gasteiger partial charge in [0, 0.05) is 36.8 Å². The van der Waals surface area contributed by atoms with E-state index < -0.39 is 11.7 Å². The number of carbonyl (C=O) groups is 3. The molecule has 2 N–H and O–H groups in total. The minimum Gasteiger partial charge on any atom is -0.339 e. The second kappa shape index (κ2) is 7.79. The number of carbonyl (C=O) groups excluding carboxylic acids is 3. The zero-order valence-corrected chi connectivity index (χ0v) is 15.6. The van der Waals surface area contributed by atoms with Gasteiger partial charge < -0.3 is 15.5 Å². The van der Waals surface area contributed by atoms with E-state index in [0.717, 1.165) is 11.8 Å². The summed E-state index contributed by atoms with van der Waals surface area (Å²) in [7, 11) is 3.32. The number of nitrogens with zero attached hydrogens (tertiary/aromatic N) is 1. The minimum atomic E-state index is -0.714. The Hall–Kier alpha value is -2.87. The van der Waals surface area contributed by atoms with Crippen molar-refractivity contribution >= 4 is 40.2 Å². The largest absolute Gasteiger partial charge is 0.339 e. The molecule has 0 radical (unpaired) electrons. The Balaban J connectivity index is 1.78. The number of nitrogens with one attached hydrogen (secondary N) is 2. The van der Waals surface area contributed by atoms with E-state index in [1.54, 1.807) is 38.4 Å². The van der Waals surface area contributed by atoms with Gasteiger partial charge in [-0.05, 0) is 47.7 Å². The van der Waals surface area contributed by atoms with Crippen molar-refractivity contribution in [1.29, 1.82) is 0 Å². The zero-order chi connectivity index (χ0) is 19.6. The molecule has 6 nitrogen and oxygen atoms in total. The maximum atomic E-state index is 13.4. The van der Waals surface area contributed by atoms with E-state index in [0.29, 0.717) is 21.8 Å². The van der Waals surface area contributed by atoms with Crippen LogP contribution in [0.15, 0.2) is 47.4 Å². The number of thioether (sulfide) groups is 1. The van der Waals surface area contributed by atoms with Crippen molar-refractivity contribution in [3.63, 3.8) is 0 Å². The van der Waals surface area contributed by atoms with Gasteiger partial charge >= 0.3 is 0 Å². The maximum absolute atomic E-state index is 13.4. The Morgan fingerprint density at radius 1 is 1.22 bits per heavy atom. The van der Waals surface area contributed by atoms with Crippen molar-refractivity contribution in [2.75, 3.05) is 24.7 Å². The second-order valence-corrected chi connectivity index (χ2v) is 7.34. The molecular formula is C19H18FN3O3S. The van der Waals surface area contributed by atoms with Crippen molar-refractivity contribution in [3.8, 4) is 0 Å². The molecule has 0 aliphatic carbocycles. The minimum absolute atomic E-state index is 0.0159. The number of hydrogen-bond acceptors (Lipinski definition) is 4. The van der Waals surface area contributed by atoms with Crippen LogP contribution in [0, 0.1) is 5.82 Å². The molecule has 27 heavy (non-hydrogen) atoms. The van der Waals surface area contributed by atoms with Crippen LogP contribution in [-0.4, -0.2) is 36.0 Å². The lowest BCUT2D eigenvalue weighted by Gasteiger charge is -2.25. The summed E-state index contributed by atoms with van der Waals surface area (Å²) in [6, 6.07) is 10.9. The van der Waals surface area contributed by atoms with Crippen LogP contribution in [0.3, 0.4) is 0 Å². The number of benzene rings is 2. The van der Waals surface area contributed by atoms with Gasteiger partial charge in [0.05, 0.1) is 5.92 Å². The number of hydrogen-bond donors (Lipinski definition) is 2. The van der Waals surface area contributed by atoms with Crippen LogP contribution in [0.25, 0.3) is 0 Å². The standard InChI is InChI=1S/C19H18FN3O3S/c1-23(2)19(26)27-13-5-3-4-12(9-13)21-18(25)15-10-17(24)22-16-8-11(20)6-7-14(15)16/h3-9,15H,10H2,1-2H3,(H,21,25)(H,22,24). The molecule has 1 atom stereocenters. The van der Waals surface area contributed by atoms with Gasteiger partial charge in [-0.1, -0.05) is 12.1 Å². The summed E-state index contributed by atoms with van der Waals surface area (Å²) in [6.45, 7) is 0. The summed E-state index contributed by atoms with van der Waals surface area (Å²) in [5.74, 6) is -1.90. The Kier molecular flexibility index (Phi) is 5.46. The van der Waals surface area contributed by atoms with Gasteiger partial charge in [0.25, 0.3) is 5.24 Å². The number of anilines is 2. The molecule has 1 aliphatic rings. The van der Waals surface area contributed by atoms with E-state index in [1.165, 1.54) is 23.1 Å². The van der Waals surface area contributed by atoms with E-state index in [2.05, 4.69) is 10.6 Å².